The van der Waals surface area contributed by atoms with Crippen LogP contribution in [0.4, 0.5) is 0 Å². The molecule has 1 aliphatic rings. The van der Waals surface area contributed by atoms with Crippen LogP contribution in [0.2, 0.25) is 0 Å². The molecule has 0 aromatic heterocycles. The van der Waals surface area contributed by atoms with Gasteiger partial charge in [0.2, 0.25) is 0 Å². The zero-order valence-electron chi connectivity index (χ0n) is 22.7. The van der Waals surface area contributed by atoms with Crippen LogP contribution in [0.25, 0.3) is 0 Å². The largest absolute Gasteiger partial charge is 0.507 e. The van der Waals surface area contributed by atoms with Crippen LogP contribution in [0.1, 0.15) is 122 Å². The number of aromatic hydroxyl groups is 1. The second kappa shape index (κ2) is 11.8. The van der Waals surface area contributed by atoms with Crippen molar-refractivity contribution in [2.45, 2.75) is 132 Å². The summed E-state index contributed by atoms with van der Waals surface area (Å²) in [5.74, 6) is 4.47. The molecule has 4 atom stereocenters. The quantitative estimate of drug-likeness (QED) is 0.348. The van der Waals surface area contributed by atoms with E-state index in [1.165, 1.54) is 56.9 Å². The highest BCUT2D eigenvalue weighted by atomic mass is 16.5. The normalized spacial score (nSPS) is 22.5. The van der Waals surface area contributed by atoms with Gasteiger partial charge in [0.15, 0.2) is 0 Å². The van der Waals surface area contributed by atoms with Gasteiger partial charge in [-0.05, 0) is 87.3 Å². The van der Waals surface area contributed by atoms with Gasteiger partial charge in [-0.2, -0.15) is 0 Å². The van der Waals surface area contributed by atoms with Gasteiger partial charge >= 0.3 is 0 Å². The smallest absolute Gasteiger partial charge is 0.127 e. The van der Waals surface area contributed by atoms with Crippen molar-refractivity contribution in [2.24, 2.45) is 23.7 Å². The molecule has 0 radical (unpaired) electrons. The Balaban J connectivity index is 1.80. The lowest BCUT2D eigenvalue weighted by Crippen LogP contribution is -2.44. The first-order chi connectivity index (χ1) is 15.0. The lowest BCUT2D eigenvalue weighted by Gasteiger charge is -2.43. The van der Waals surface area contributed by atoms with E-state index in [1.807, 2.05) is 13.8 Å². The van der Waals surface area contributed by atoms with Crippen LogP contribution in [0.5, 0.6) is 11.5 Å². The van der Waals surface area contributed by atoms with Crippen LogP contribution in [0.3, 0.4) is 0 Å². The predicted molar refractivity (Wildman–Crippen MR) is 139 cm³/mol. The Morgan fingerprint density at radius 1 is 0.844 bits per heavy atom. The Bertz CT molecular complexity index is 735. The third kappa shape index (κ3) is 6.91. The molecule has 1 aromatic carbocycles. The number of fused-ring (bicyclic) bond motifs is 1. The Morgan fingerprint density at radius 3 is 1.94 bits per heavy atom. The predicted octanol–water partition coefficient (Wildman–Crippen LogP) is 9.09. The van der Waals surface area contributed by atoms with E-state index in [4.69, 9.17) is 4.74 Å². The molecule has 0 spiro atoms. The second-order valence-electron chi connectivity index (χ2n) is 11.9. The molecule has 1 aliphatic heterocycles. The van der Waals surface area contributed by atoms with Gasteiger partial charge in [0.05, 0.1) is 0 Å². The molecular weight excluding hydrogens is 392 g/mol. The number of hydrogen-bond acceptors (Lipinski definition) is 2. The fraction of sp³-hybridized carbons (Fsp3) is 0.800. The van der Waals surface area contributed by atoms with E-state index in [0.29, 0.717) is 11.7 Å². The third-order valence-electron chi connectivity index (χ3n) is 8.47. The van der Waals surface area contributed by atoms with Crippen LogP contribution in [-0.4, -0.2) is 10.7 Å². The highest BCUT2D eigenvalue weighted by Gasteiger charge is 2.39. The van der Waals surface area contributed by atoms with Crippen LogP contribution >= 0.6 is 0 Å². The van der Waals surface area contributed by atoms with Gasteiger partial charge < -0.3 is 9.84 Å². The molecule has 0 amide bonds. The Hall–Kier alpha value is -1.18. The van der Waals surface area contributed by atoms with E-state index in [0.717, 1.165) is 53.0 Å². The van der Waals surface area contributed by atoms with Crippen LogP contribution in [0.15, 0.2) is 0 Å². The summed E-state index contributed by atoms with van der Waals surface area (Å²) < 4.78 is 6.72. The maximum Gasteiger partial charge on any atom is 0.127 e. The van der Waals surface area contributed by atoms with Crippen LogP contribution < -0.4 is 4.74 Å². The molecule has 0 fully saturated rings. The standard InChI is InChI=1S/C30H52O2/c1-20(2)13-10-14-21(3)15-11-16-22(4)17-12-18-30(9)23(5)19-27-26(8)28(31)24(6)25(7)29(27)32-30/h20-23,31H,10-19H2,1-9H3/t21-,22+,23?,30-/m0/s1. The molecule has 0 aliphatic carbocycles. The summed E-state index contributed by atoms with van der Waals surface area (Å²) in [4.78, 5) is 0. The fourth-order valence-electron chi connectivity index (χ4n) is 5.49. The molecule has 1 aromatic rings. The van der Waals surface area contributed by atoms with Crippen LogP contribution in [0, 0.1) is 44.4 Å². The number of hydrogen-bond donors (Lipinski definition) is 1. The summed E-state index contributed by atoms with van der Waals surface area (Å²) in [6.07, 6.45) is 12.9. The summed E-state index contributed by atoms with van der Waals surface area (Å²) in [7, 11) is 0. The van der Waals surface area contributed by atoms with Crippen molar-refractivity contribution >= 4 is 0 Å². The minimum atomic E-state index is -0.113. The number of phenolic OH excluding ortho intramolecular Hbond substituents is 1. The molecule has 0 saturated heterocycles. The lowest BCUT2D eigenvalue weighted by molar-refractivity contribution is 0.00546. The van der Waals surface area contributed by atoms with Gasteiger partial charge in [0, 0.05) is 5.56 Å². The summed E-state index contributed by atoms with van der Waals surface area (Å²) >= 11 is 0. The molecule has 2 nitrogen and oxygen atoms in total. The summed E-state index contributed by atoms with van der Waals surface area (Å²) in [6, 6.07) is 0. The topological polar surface area (TPSA) is 29.5 Å². The van der Waals surface area contributed by atoms with Crippen molar-refractivity contribution in [2.75, 3.05) is 0 Å². The molecule has 2 heteroatoms. The Morgan fingerprint density at radius 2 is 1.38 bits per heavy atom. The van der Waals surface area contributed by atoms with E-state index in [-0.39, 0.29) is 5.60 Å². The number of rotatable bonds is 12. The van der Waals surface area contributed by atoms with Crippen molar-refractivity contribution in [1.82, 2.24) is 0 Å². The van der Waals surface area contributed by atoms with Crippen molar-refractivity contribution in [3.8, 4) is 11.5 Å². The summed E-state index contributed by atoms with van der Waals surface area (Å²) in [5.41, 5.74) is 4.18. The maximum absolute atomic E-state index is 10.5. The van der Waals surface area contributed by atoms with E-state index in [1.54, 1.807) is 0 Å². The first kappa shape index (κ1) is 27.1. The van der Waals surface area contributed by atoms with E-state index in [2.05, 4.69) is 48.5 Å². The molecule has 0 saturated carbocycles. The van der Waals surface area contributed by atoms with E-state index in [9.17, 15) is 5.11 Å². The molecule has 1 heterocycles. The highest BCUT2D eigenvalue weighted by molar-refractivity contribution is 5.58. The summed E-state index contributed by atoms with van der Waals surface area (Å²) in [6.45, 7) is 20.3. The molecule has 32 heavy (non-hydrogen) atoms. The molecule has 1 N–H and O–H groups in total. The zero-order valence-corrected chi connectivity index (χ0v) is 22.7. The highest BCUT2D eigenvalue weighted by Crippen LogP contribution is 2.46. The SMILES string of the molecule is Cc1c(C)c2c(c(C)c1O)CC(C)[C@](C)(CCC[C@H](C)CCC[C@@H](C)CCCC(C)C)O2. The van der Waals surface area contributed by atoms with E-state index >= 15 is 0 Å². The third-order valence-corrected chi connectivity index (χ3v) is 8.47. The summed E-state index contributed by atoms with van der Waals surface area (Å²) in [5, 5.41) is 10.5. The van der Waals surface area contributed by atoms with Crippen molar-refractivity contribution < 1.29 is 9.84 Å². The van der Waals surface area contributed by atoms with Crippen LogP contribution in [-0.2, 0) is 6.42 Å². The molecule has 0 bridgehead atoms. The second-order valence-corrected chi connectivity index (χ2v) is 11.9. The van der Waals surface area contributed by atoms with E-state index < -0.39 is 0 Å². The average molecular weight is 445 g/mol. The number of phenols is 1. The minimum absolute atomic E-state index is 0.113. The van der Waals surface area contributed by atoms with Gasteiger partial charge in [0.1, 0.15) is 17.1 Å². The molecule has 184 valence electrons. The monoisotopic (exact) mass is 444 g/mol. The number of benzene rings is 1. The first-order valence-electron chi connectivity index (χ1n) is 13.5. The molecular formula is C30H52O2. The Labute approximate surface area is 199 Å². The molecule has 2 rings (SSSR count). The number of ether oxygens (including phenoxy) is 1. The van der Waals surface area contributed by atoms with Gasteiger partial charge in [0.25, 0.3) is 0 Å². The zero-order chi connectivity index (χ0) is 24.1. The van der Waals surface area contributed by atoms with Gasteiger partial charge in [-0.1, -0.05) is 79.6 Å². The van der Waals surface area contributed by atoms with Gasteiger partial charge in [-0.25, -0.2) is 0 Å². The van der Waals surface area contributed by atoms with Crippen molar-refractivity contribution in [3.63, 3.8) is 0 Å². The van der Waals surface area contributed by atoms with Crippen molar-refractivity contribution in [1.29, 1.82) is 0 Å². The van der Waals surface area contributed by atoms with Crippen molar-refractivity contribution in [3.05, 3.63) is 22.3 Å². The fourth-order valence-corrected chi connectivity index (χ4v) is 5.49. The lowest BCUT2D eigenvalue weighted by atomic mass is 9.77. The first-order valence-corrected chi connectivity index (χ1v) is 13.5. The molecule has 1 unspecified atom stereocenters. The minimum Gasteiger partial charge on any atom is -0.507 e. The maximum atomic E-state index is 10.5. The van der Waals surface area contributed by atoms with Gasteiger partial charge in [-0.15, -0.1) is 0 Å². The Kier molecular flexibility index (Phi) is 9.98. The average Bonchev–Trinajstić information content (AvgIpc) is 2.72. The van der Waals surface area contributed by atoms with Gasteiger partial charge in [-0.3, -0.25) is 0 Å².